The van der Waals surface area contributed by atoms with E-state index in [0.29, 0.717) is 33.3 Å². The Morgan fingerprint density at radius 3 is 2.36 bits per heavy atom. The van der Waals surface area contributed by atoms with E-state index in [4.69, 9.17) is 4.74 Å². The van der Waals surface area contributed by atoms with Gasteiger partial charge in [0.05, 0.1) is 41.1 Å². The predicted octanol–water partition coefficient (Wildman–Crippen LogP) is 5.96. The van der Waals surface area contributed by atoms with Gasteiger partial charge >= 0.3 is 0 Å². The van der Waals surface area contributed by atoms with Crippen LogP contribution in [0.15, 0.2) is 101 Å². The van der Waals surface area contributed by atoms with Crippen LogP contribution in [0, 0.1) is 11.3 Å². The molecule has 1 aliphatic rings. The monoisotopic (exact) mass is 538 g/mol. The first-order chi connectivity index (χ1) is 18.9. The van der Waals surface area contributed by atoms with Gasteiger partial charge < -0.3 is 20.7 Å². The summed E-state index contributed by atoms with van der Waals surface area (Å²) in [6, 6.07) is 26.6. The van der Waals surface area contributed by atoms with Crippen molar-refractivity contribution in [2.45, 2.75) is 26.2 Å². The van der Waals surface area contributed by atoms with Gasteiger partial charge in [-0.25, -0.2) is 0 Å². The fourth-order valence-corrected chi connectivity index (χ4v) is 5.29. The molecule has 0 aliphatic carbocycles. The summed E-state index contributed by atoms with van der Waals surface area (Å²) in [6.07, 6.45) is 0.926. The number of benzene rings is 3. The molecule has 3 N–H and O–H groups in total. The first kappa shape index (κ1) is 27.6. The van der Waals surface area contributed by atoms with Crippen LogP contribution in [-0.4, -0.2) is 24.7 Å². The molecule has 3 aromatic carbocycles. The van der Waals surface area contributed by atoms with E-state index < -0.39 is 5.92 Å². The number of allylic oxidation sites excluding steroid dienone is 2. The number of carbonyl (C=O) groups is 2. The summed E-state index contributed by atoms with van der Waals surface area (Å²) in [5, 5.41) is 19.9. The second-order valence-electron chi connectivity index (χ2n) is 8.90. The SMILES string of the molecule is CCc1ccc(NC(=O)CSC2=C(C#N)[C@@H](c3ccccc3)C(C(=O)Nc3ccccc3OC)=C(C)N2)cc1. The molecule has 1 atom stereocenters. The van der Waals surface area contributed by atoms with Gasteiger partial charge in [0, 0.05) is 17.0 Å². The minimum absolute atomic E-state index is 0.0978. The zero-order valence-electron chi connectivity index (χ0n) is 22.1. The van der Waals surface area contributed by atoms with Gasteiger partial charge in [-0.2, -0.15) is 5.26 Å². The van der Waals surface area contributed by atoms with Crippen LogP contribution >= 0.6 is 11.8 Å². The first-order valence-corrected chi connectivity index (χ1v) is 13.6. The summed E-state index contributed by atoms with van der Waals surface area (Å²) in [5.41, 5.74) is 4.65. The molecule has 0 radical (unpaired) electrons. The molecule has 2 amide bonds. The number of nitrogens with zero attached hydrogens (tertiary/aromatic N) is 1. The molecule has 198 valence electrons. The fraction of sp³-hybridized carbons (Fsp3) is 0.194. The summed E-state index contributed by atoms with van der Waals surface area (Å²) in [6.45, 7) is 3.88. The molecule has 0 spiro atoms. The van der Waals surface area contributed by atoms with Gasteiger partial charge in [-0.3, -0.25) is 9.59 Å². The number of hydrogen-bond acceptors (Lipinski definition) is 6. The van der Waals surface area contributed by atoms with Crippen molar-refractivity contribution in [2.75, 3.05) is 23.5 Å². The van der Waals surface area contributed by atoms with Crippen LogP contribution in [0.2, 0.25) is 0 Å². The number of carbonyl (C=O) groups excluding carboxylic acids is 2. The maximum absolute atomic E-state index is 13.6. The lowest BCUT2D eigenvalue weighted by atomic mass is 9.82. The van der Waals surface area contributed by atoms with Crippen LogP contribution in [0.5, 0.6) is 5.75 Å². The fourth-order valence-electron chi connectivity index (χ4n) is 4.40. The van der Waals surface area contributed by atoms with Gasteiger partial charge in [0.1, 0.15) is 5.75 Å². The van der Waals surface area contributed by atoms with Gasteiger partial charge in [0.2, 0.25) is 5.91 Å². The van der Waals surface area contributed by atoms with Crippen molar-refractivity contribution in [1.82, 2.24) is 5.32 Å². The third-order valence-corrected chi connectivity index (χ3v) is 7.39. The molecule has 0 unspecified atom stereocenters. The number of nitriles is 1. The number of anilines is 2. The molecule has 0 aromatic heterocycles. The number of amides is 2. The van der Waals surface area contributed by atoms with Gasteiger partial charge in [0.25, 0.3) is 5.91 Å². The lowest BCUT2D eigenvalue weighted by Gasteiger charge is -2.30. The Balaban J connectivity index is 1.60. The van der Waals surface area contributed by atoms with Crippen molar-refractivity contribution in [3.8, 4) is 11.8 Å². The van der Waals surface area contributed by atoms with Gasteiger partial charge in [0.15, 0.2) is 0 Å². The number of rotatable bonds is 9. The molecular formula is C31H30N4O3S. The Labute approximate surface area is 233 Å². The third-order valence-electron chi connectivity index (χ3n) is 6.37. The van der Waals surface area contributed by atoms with E-state index in [0.717, 1.165) is 17.7 Å². The highest BCUT2D eigenvalue weighted by Crippen LogP contribution is 2.41. The number of ether oxygens (including phenoxy) is 1. The molecule has 0 fully saturated rings. The third kappa shape index (κ3) is 6.51. The number of aryl methyl sites for hydroxylation is 1. The van der Waals surface area contributed by atoms with E-state index in [1.54, 1.807) is 26.2 Å². The van der Waals surface area contributed by atoms with E-state index in [2.05, 4.69) is 28.9 Å². The molecule has 0 saturated carbocycles. The predicted molar refractivity (Wildman–Crippen MR) is 156 cm³/mol. The number of dihydropyridines is 1. The van der Waals surface area contributed by atoms with Crippen molar-refractivity contribution < 1.29 is 14.3 Å². The lowest BCUT2D eigenvalue weighted by molar-refractivity contribution is -0.114. The van der Waals surface area contributed by atoms with Crippen molar-refractivity contribution in [1.29, 1.82) is 5.26 Å². The smallest absolute Gasteiger partial charge is 0.254 e. The molecule has 8 heteroatoms. The quantitative estimate of drug-likeness (QED) is 0.310. The first-order valence-electron chi connectivity index (χ1n) is 12.6. The van der Waals surface area contributed by atoms with Gasteiger partial charge in [-0.1, -0.05) is 73.3 Å². The van der Waals surface area contributed by atoms with E-state index >= 15 is 0 Å². The molecule has 0 saturated heterocycles. The summed E-state index contributed by atoms with van der Waals surface area (Å²) in [5.74, 6) is -0.511. The highest BCUT2D eigenvalue weighted by atomic mass is 32.2. The molecule has 1 heterocycles. The second kappa shape index (κ2) is 12.9. The van der Waals surface area contributed by atoms with Gasteiger partial charge in [-0.05, 0) is 48.7 Å². The molecule has 4 rings (SSSR count). The Morgan fingerprint density at radius 1 is 1.00 bits per heavy atom. The van der Waals surface area contributed by atoms with Crippen LogP contribution in [0.1, 0.15) is 30.9 Å². The second-order valence-corrected chi connectivity index (χ2v) is 9.89. The minimum atomic E-state index is -0.612. The standard InChI is InChI=1S/C31H30N4O3S/c1-4-21-14-16-23(17-15-21)34-27(36)19-39-31-24(18-32)29(22-10-6-5-7-11-22)28(20(2)33-31)30(37)35-25-12-8-9-13-26(25)38-3/h5-17,29,33H,4,19H2,1-3H3,(H,34,36)(H,35,37)/t29-/m1/s1. The molecule has 1 aliphatic heterocycles. The van der Waals surface area contributed by atoms with Crippen LogP contribution in [0.4, 0.5) is 11.4 Å². The van der Waals surface area contributed by atoms with Crippen molar-refractivity contribution >= 4 is 35.0 Å². The maximum atomic E-state index is 13.6. The number of methoxy groups -OCH3 is 1. The highest BCUT2D eigenvalue weighted by Gasteiger charge is 2.35. The van der Waals surface area contributed by atoms with Crippen molar-refractivity contribution in [2.24, 2.45) is 0 Å². The van der Waals surface area contributed by atoms with Crippen LogP contribution in [-0.2, 0) is 16.0 Å². The molecule has 39 heavy (non-hydrogen) atoms. The largest absolute Gasteiger partial charge is 0.495 e. The summed E-state index contributed by atoms with van der Waals surface area (Å²) < 4.78 is 5.39. The minimum Gasteiger partial charge on any atom is -0.495 e. The van der Waals surface area contributed by atoms with Crippen molar-refractivity contribution in [3.05, 3.63) is 112 Å². The Kier molecular flexibility index (Phi) is 9.08. The number of para-hydroxylation sites is 2. The summed E-state index contributed by atoms with van der Waals surface area (Å²) in [7, 11) is 1.54. The lowest BCUT2D eigenvalue weighted by Crippen LogP contribution is -2.31. The van der Waals surface area contributed by atoms with E-state index in [1.807, 2.05) is 66.7 Å². The Morgan fingerprint density at radius 2 is 1.69 bits per heavy atom. The number of nitrogens with one attached hydrogen (secondary N) is 3. The number of hydrogen-bond donors (Lipinski definition) is 3. The zero-order valence-corrected chi connectivity index (χ0v) is 22.9. The summed E-state index contributed by atoms with van der Waals surface area (Å²) in [4.78, 5) is 26.4. The molecule has 7 nitrogen and oxygen atoms in total. The number of thioether (sulfide) groups is 1. The summed E-state index contributed by atoms with van der Waals surface area (Å²) >= 11 is 1.24. The van der Waals surface area contributed by atoms with Crippen LogP contribution < -0.4 is 20.7 Å². The Hall–Kier alpha value is -4.48. The van der Waals surface area contributed by atoms with E-state index in [1.165, 1.54) is 17.3 Å². The van der Waals surface area contributed by atoms with E-state index in [9.17, 15) is 14.9 Å². The highest BCUT2D eigenvalue weighted by molar-refractivity contribution is 8.03. The topological polar surface area (TPSA) is 103 Å². The molecule has 3 aromatic rings. The van der Waals surface area contributed by atoms with Crippen molar-refractivity contribution in [3.63, 3.8) is 0 Å². The van der Waals surface area contributed by atoms with Crippen LogP contribution in [0.3, 0.4) is 0 Å². The zero-order chi connectivity index (χ0) is 27.8. The Bertz CT molecular complexity index is 1460. The van der Waals surface area contributed by atoms with Crippen LogP contribution in [0.25, 0.3) is 0 Å². The molecule has 0 bridgehead atoms. The van der Waals surface area contributed by atoms with E-state index in [-0.39, 0.29) is 17.6 Å². The molecular weight excluding hydrogens is 508 g/mol. The normalized spacial score (nSPS) is 14.8. The average molecular weight is 539 g/mol. The van der Waals surface area contributed by atoms with Gasteiger partial charge in [-0.15, -0.1) is 0 Å². The average Bonchev–Trinajstić information content (AvgIpc) is 2.96. The maximum Gasteiger partial charge on any atom is 0.254 e.